The Morgan fingerprint density at radius 2 is 1.88 bits per heavy atom. The lowest BCUT2D eigenvalue weighted by molar-refractivity contribution is -0.137. The Kier molecular flexibility index (Phi) is 3.32. The molecule has 1 heterocycles. The fraction of sp³-hybridized carbons (Fsp3) is 0.375. The van der Waals surface area contributed by atoms with Crippen molar-refractivity contribution in [1.82, 2.24) is 4.98 Å². The lowest BCUT2D eigenvalue weighted by atomic mass is 10.1. The van der Waals surface area contributed by atoms with Crippen LogP contribution in [0.2, 0.25) is 0 Å². The van der Waals surface area contributed by atoms with E-state index in [9.17, 15) is 22.0 Å². The Labute approximate surface area is 87.3 Å². The fourth-order valence-electron chi connectivity index (χ4n) is 1.13. The van der Waals surface area contributed by atoms with Gasteiger partial charge in [-0.3, -0.25) is 0 Å². The smallest absolute Gasteiger partial charge is 0.397 e. The summed E-state index contributed by atoms with van der Waals surface area (Å²) in [5.41, 5.74) is 6.30. The van der Waals surface area contributed by atoms with Crippen LogP contribution < -0.4 is 11.5 Å². The molecule has 16 heavy (non-hydrogen) atoms. The Bertz CT molecular complexity index is 388. The first-order valence-corrected chi connectivity index (χ1v) is 4.12. The molecule has 0 saturated heterocycles. The largest absolute Gasteiger partial charge is 0.418 e. The van der Waals surface area contributed by atoms with Crippen LogP contribution in [0.4, 0.5) is 27.6 Å². The van der Waals surface area contributed by atoms with E-state index < -0.39 is 29.5 Å². The minimum absolute atomic E-state index is 0.281. The molecule has 0 amide bonds. The second-order valence-electron chi connectivity index (χ2n) is 2.96. The van der Waals surface area contributed by atoms with Crippen molar-refractivity contribution in [3.8, 4) is 0 Å². The predicted molar refractivity (Wildman–Crippen MR) is 46.5 cm³/mol. The van der Waals surface area contributed by atoms with Gasteiger partial charge in [0.1, 0.15) is 5.69 Å². The molecule has 0 atom stereocenters. The number of aromatic nitrogens is 1. The summed E-state index contributed by atoms with van der Waals surface area (Å²) in [4.78, 5) is 3.26. The van der Waals surface area contributed by atoms with E-state index in [-0.39, 0.29) is 12.2 Å². The quantitative estimate of drug-likeness (QED) is 0.779. The molecular formula is C8H8F5N3. The zero-order chi connectivity index (χ0) is 12.5. The Balaban J connectivity index is 3.44. The van der Waals surface area contributed by atoms with Crippen LogP contribution in [0.1, 0.15) is 23.4 Å². The van der Waals surface area contributed by atoms with Crippen molar-refractivity contribution < 1.29 is 22.0 Å². The fourth-order valence-corrected chi connectivity index (χ4v) is 1.13. The van der Waals surface area contributed by atoms with Crippen molar-refractivity contribution in [2.75, 3.05) is 5.73 Å². The average molecular weight is 241 g/mol. The van der Waals surface area contributed by atoms with Gasteiger partial charge >= 0.3 is 6.18 Å². The molecule has 0 aromatic carbocycles. The van der Waals surface area contributed by atoms with E-state index in [1.54, 1.807) is 0 Å². The molecule has 0 fully saturated rings. The van der Waals surface area contributed by atoms with E-state index in [0.29, 0.717) is 6.07 Å². The van der Waals surface area contributed by atoms with E-state index in [0.717, 1.165) is 0 Å². The molecule has 1 aromatic rings. The SMILES string of the molecule is NCc1cc(C(F)(F)F)c(N)c(C(F)F)n1. The van der Waals surface area contributed by atoms with Crippen LogP contribution >= 0.6 is 0 Å². The maximum Gasteiger partial charge on any atom is 0.418 e. The Morgan fingerprint density at radius 3 is 2.25 bits per heavy atom. The first-order valence-electron chi connectivity index (χ1n) is 4.12. The molecule has 0 saturated carbocycles. The van der Waals surface area contributed by atoms with Crippen molar-refractivity contribution in [2.24, 2.45) is 5.73 Å². The summed E-state index contributed by atoms with van der Waals surface area (Å²) in [5, 5.41) is 0. The lowest BCUT2D eigenvalue weighted by Gasteiger charge is -2.14. The number of pyridine rings is 1. The van der Waals surface area contributed by atoms with Gasteiger partial charge in [-0.1, -0.05) is 0 Å². The summed E-state index contributed by atoms with van der Waals surface area (Å²) >= 11 is 0. The number of nitrogens with two attached hydrogens (primary N) is 2. The van der Waals surface area contributed by atoms with Gasteiger partial charge in [-0.05, 0) is 6.07 Å². The van der Waals surface area contributed by atoms with E-state index in [4.69, 9.17) is 11.5 Å². The molecule has 0 aliphatic rings. The van der Waals surface area contributed by atoms with E-state index >= 15 is 0 Å². The summed E-state index contributed by atoms with van der Waals surface area (Å²) in [6, 6.07) is 0.571. The molecule has 8 heteroatoms. The van der Waals surface area contributed by atoms with Gasteiger partial charge in [0.05, 0.1) is 16.9 Å². The van der Waals surface area contributed by atoms with Gasteiger partial charge in [-0.25, -0.2) is 13.8 Å². The molecule has 0 bridgehead atoms. The first kappa shape index (κ1) is 12.6. The number of rotatable bonds is 2. The summed E-state index contributed by atoms with van der Waals surface area (Å²) in [6.45, 7) is -0.372. The highest BCUT2D eigenvalue weighted by molar-refractivity contribution is 5.53. The third kappa shape index (κ3) is 2.38. The summed E-state index contributed by atoms with van der Waals surface area (Å²) in [5.74, 6) is 0. The first-order chi connectivity index (χ1) is 7.27. The van der Waals surface area contributed by atoms with Gasteiger partial charge in [0.25, 0.3) is 6.43 Å². The average Bonchev–Trinajstić information content (AvgIpc) is 2.15. The monoisotopic (exact) mass is 241 g/mol. The minimum atomic E-state index is -4.80. The number of anilines is 1. The van der Waals surface area contributed by atoms with Crippen molar-refractivity contribution >= 4 is 5.69 Å². The second kappa shape index (κ2) is 4.20. The molecule has 0 aliphatic carbocycles. The summed E-state index contributed by atoms with van der Waals surface area (Å²) in [7, 11) is 0. The highest BCUT2D eigenvalue weighted by Gasteiger charge is 2.36. The van der Waals surface area contributed by atoms with Crippen LogP contribution in [0, 0.1) is 0 Å². The van der Waals surface area contributed by atoms with Crippen LogP contribution in [-0.4, -0.2) is 4.98 Å². The van der Waals surface area contributed by atoms with E-state index in [1.165, 1.54) is 0 Å². The Hall–Kier alpha value is -1.44. The van der Waals surface area contributed by atoms with Crippen LogP contribution in [0.15, 0.2) is 6.07 Å². The molecule has 0 aliphatic heterocycles. The van der Waals surface area contributed by atoms with Crippen LogP contribution in [0.3, 0.4) is 0 Å². The molecule has 0 spiro atoms. The molecular weight excluding hydrogens is 233 g/mol. The maximum absolute atomic E-state index is 12.4. The zero-order valence-electron chi connectivity index (χ0n) is 7.85. The third-order valence-corrected chi connectivity index (χ3v) is 1.86. The van der Waals surface area contributed by atoms with Crippen molar-refractivity contribution in [3.63, 3.8) is 0 Å². The van der Waals surface area contributed by atoms with Crippen molar-refractivity contribution in [2.45, 2.75) is 19.1 Å². The van der Waals surface area contributed by atoms with Gasteiger partial charge < -0.3 is 11.5 Å². The molecule has 4 N–H and O–H groups in total. The maximum atomic E-state index is 12.4. The van der Waals surface area contributed by atoms with Gasteiger partial charge in [-0.2, -0.15) is 13.2 Å². The number of nitrogen functional groups attached to an aromatic ring is 1. The van der Waals surface area contributed by atoms with E-state index in [1.807, 2.05) is 0 Å². The second-order valence-corrected chi connectivity index (χ2v) is 2.96. The van der Waals surface area contributed by atoms with Gasteiger partial charge in [0.2, 0.25) is 0 Å². The van der Waals surface area contributed by atoms with Crippen LogP contribution in [0.25, 0.3) is 0 Å². The van der Waals surface area contributed by atoms with Gasteiger partial charge in [0.15, 0.2) is 0 Å². The van der Waals surface area contributed by atoms with Crippen molar-refractivity contribution in [1.29, 1.82) is 0 Å². The predicted octanol–water partition coefficient (Wildman–Crippen LogP) is 2.08. The highest BCUT2D eigenvalue weighted by atomic mass is 19.4. The highest BCUT2D eigenvalue weighted by Crippen LogP contribution is 2.37. The van der Waals surface area contributed by atoms with E-state index in [2.05, 4.69) is 4.98 Å². The number of halogens is 5. The molecule has 3 nitrogen and oxygen atoms in total. The number of nitrogens with zero attached hydrogens (tertiary/aromatic N) is 1. The Morgan fingerprint density at radius 1 is 1.31 bits per heavy atom. The van der Waals surface area contributed by atoms with Gasteiger partial charge in [0, 0.05) is 6.54 Å². The lowest BCUT2D eigenvalue weighted by Crippen LogP contribution is -2.15. The zero-order valence-corrected chi connectivity index (χ0v) is 7.85. The number of alkyl halides is 5. The van der Waals surface area contributed by atoms with Crippen LogP contribution in [0.5, 0.6) is 0 Å². The number of hydrogen-bond acceptors (Lipinski definition) is 3. The summed E-state index contributed by atoms with van der Waals surface area (Å²) < 4.78 is 62.0. The normalized spacial score (nSPS) is 12.2. The molecule has 0 unspecified atom stereocenters. The molecule has 1 rings (SSSR count). The van der Waals surface area contributed by atoms with Crippen molar-refractivity contribution in [3.05, 3.63) is 23.0 Å². The number of hydrogen-bond donors (Lipinski definition) is 2. The van der Waals surface area contributed by atoms with Gasteiger partial charge in [-0.15, -0.1) is 0 Å². The standard InChI is InChI=1S/C8H8F5N3/c9-7(10)6-5(15)4(8(11,12)13)1-3(2-14)16-6/h1,7H,2,14-15H2. The molecule has 1 aromatic heterocycles. The molecule has 0 radical (unpaired) electrons. The minimum Gasteiger partial charge on any atom is -0.397 e. The third-order valence-electron chi connectivity index (χ3n) is 1.86. The molecule has 90 valence electrons. The topological polar surface area (TPSA) is 64.9 Å². The van der Waals surface area contributed by atoms with Crippen LogP contribution in [-0.2, 0) is 12.7 Å². The summed E-state index contributed by atoms with van der Waals surface area (Å²) in [6.07, 6.45) is -7.98.